The van der Waals surface area contributed by atoms with Crippen molar-refractivity contribution in [3.8, 4) is 0 Å². The van der Waals surface area contributed by atoms with Crippen LogP contribution in [-0.4, -0.2) is 76.5 Å². The average molecular weight is 503 g/mol. The molecule has 1 aromatic rings. The van der Waals surface area contributed by atoms with Gasteiger partial charge in [-0.3, -0.25) is 14.4 Å². The predicted molar refractivity (Wildman–Crippen MR) is 132 cm³/mol. The lowest BCUT2D eigenvalue weighted by atomic mass is 10.0. The first kappa shape index (κ1) is 28.1. The Morgan fingerprint density at radius 1 is 0.938 bits per heavy atom. The zero-order chi connectivity index (χ0) is 24.1. The topological polar surface area (TPSA) is 151 Å². The van der Waals surface area contributed by atoms with E-state index in [0.717, 1.165) is 5.56 Å². The standard InChI is InChI=1S/C20H30N4O5S3/c1-32-8-7-14(18(26)24-16(11-31)20(28)29)22-19(27)15(23-17(25)13(21)10-30)9-12-5-3-2-4-6-12/h2-6,13-16,30-31H,7-11,21H2,1H3,(H,22,27)(H,23,25)(H,24,26)(H,28,29). The Morgan fingerprint density at radius 3 is 2.03 bits per heavy atom. The zero-order valence-electron chi connectivity index (χ0n) is 17.7. The van der Waals surface area contributed by atoms with Crippen LogP contribution in [0.25, 0.3) is 0 Å². The second-order valence-electron chi connectivity index (χ2n) is 6.96. The van der Waals surface area contributed by atoms with Gasteiger partial charge < -0.3 is 26.8 Å². The summed E-state index contributed by atoms with van der Waals surface area (Å²) in [7, 11) is 0. The van der Waals surface area contributed by atoms with Crippen molar-refractivity contribution >= 4 is 60.7 Å². The van der Waals surface area contributed by atoms with E-state index < -0.39 is 47.9 Å². The lowest BCUT2D eigenvalue weighted by molar-refractivity contribution is -0.141. The number of nitrogens with two attached hydrogens (primary N) is 1. The molecule has 0 bridgehead atoms. The van der Waals surface area contributed by atoms with Gasteiger partial charge in [0.25, 0.3) is 0 Å². The zero-order valence-corrected chi connectivity index (χ0v) is 20.3. The van der Waals surface area contributed by atoms with E-state index in [-0.39, 0.29) is 24.3 Å². The first-order valence-electron chi connectivity index (χ1n) is 9.87. The lowest BCUT2D eigenvalue weighted by Gasteiger charge is -2.25. The maximum Gasteiger partial charge on any atom is 0.327 e. The highest BCUT2D eigenvalue weighted by Gasteiger charge is 2.29. The summed E-state index contributed by atoms with van der Waals surface area (Å²) in [5.74, 6) is -2.42. The number of aliphatic carboxylic acids is 1. The molecule has 32 heavy (non-hydrogen) atoms. The number of thiol groups is 2. The molecule has 0 saturated heterocycles. The summed E-state index contributed by atoms with van der Waals surface area (Å²) in [6.45, 7) is 0. The van der Waals surface area contributed by atoms with Crippen LogP contribution in [0.2, 0.25) is 0 Å². The van der Waals surface area contributed by atoms with E-state index in [1.54, 1.807) is 0 Å². The van der Waals surface area contributed by atoms with E-state index >= 15 is 0 Å². The molecular weight excluding hydrogens is 472 g/mol. The van der Waals surface area contributed by atoms with Crippen molar-refractivity contribution in [3.05, 3.63) is 35.9 Å². The Hall–Kier alpha value is -1.89. The molecule has 0 spiro atoms. The number of carboxylic acids is 1. The van der Waals surface area contributed by atoms with Gasteiger partial charge in [0.2, 0.25) is 17.7 Å². The van der Waals surface area contributed by atoms with E-state index in [0.29, 0.717) is 5.75 Å². The number of amides is 3. The second kappa shape index (κ2) is 15.0. The van der Waals surface area contributed by atoms with Gasteiger partial charge >= 0.3 is 5.97 Å². The molecular formula is C20H30N4O5S3. The maximum atomic E-state index is 13.1. The third-order valence-electron chi connectivity index (χ3n) is 4.49. The van der Waals surface area contributed by atoms with E-state index in [4.69, 9.17) is 10.8 Å². The van der Waals surface area contributed by atoms with E-state index in [9.17, 15) is 19.2 Å². The molecule has 9 nitrogen and oxygen atoms in total. The van der Waals surface area contributed by atoms with Crippen LogP contribution in [-0.2, 0) is 25.6 Å². The number of nitrogens with one attached hydrogen (secondary N) is 3. The van der Waals surface area contributed by atoms with Crippen molar-refractivity contribution in [1.82, 2.24) is 16.0 Å². The fraction of sp³-hybridized carbons (Fsp3) is 0.500. The summed E-state index contributed by atoms with van der Waals surface area (Å²) in [6.07, 6.45) is 2.31. The minimum atomic E-state index is -1.22. The van der Waals surface area contributed by atoms with Crippen molar-refractivity contribution in [2.24, 2.45) is 5.73 Å². The number of thioether (sulfide) groups is 1. The molecule has 0 fully saturated rings. The highest BCUT2D eigenvalue weighted by Crippen LogP contribution is 2.07. The molecule has 0 aliphatic heterocycles. The number of hydrogen-bond donors (Lipinski definition) is 7. The van der Waals surface area contributed by atoms with Crippen LogP contribution in [0.4, 0.5) is 0 Å². The molecule has 3 amide bonds. The molecule has 1 rings (SSSR count). The molecule has 1 aromatic carbocycles. The molecule has 0 saturated carbocycles. The van der Waals surface area contributed by atoms with Crippen LogP contribution in [0.1, 0.15) is 12.0 Å². The van der Waals surface area contributed by atoms with Gasteiger partial charge in [-0.15, -0.1) is 0 Å². The Kier molecular flexibility index (Phi) is 13.2. The minimum absolute atomic E-state index is 0.0986. The monoisotopic (exact) mass is 502 g/mol. The summed E-state index contributed by atoms with van der Waals surface area (Å²) in [5.41, 5.74) is 6.53. The molecule has 0 heterocycles. The molecule has 0 aromatic heterocycles. The van der Waals surface area contributed by atoms with Gasteiger partial charge in [-0.2, -0.15) is 37.0 Å². The average Bonchev–Trinajstić information content (AvgIpc) is 2.79. The minimum Gasteiger partial charge on any atom is -0.480 e. The smallest absolute Gasteiger partial charge is 0.327 e. The highest BCUT2D eigenvalue weighted by atomic mass is 32.2. The van der Waals surface area contributed by atoms with Gasteiger partial charge in [0.05, 0.1) is 6.04 Å². The van der Waals surface area contributed by atoms with Gasteiger partial charge in [0, 0.05) is 17.9 Å². The number of carbonyl (C=O) groups is 4. The molecule has 4 unspecified atom stereocenters. The third-order valence-corrected chi connectivity index (χ3v) is 5.89. The van der Waals surface area contributed by atoms with Crippen molar-refractivity contribution in [1.29, 1.82) is 0 Å². The third kappa shape index (κ3) is 9.72. The largest absolute Gasteiger partial charge is 0.480 e. The molecule has 0 aliphatic carbocycles. The summed E-state index contributed by atoms with van der Waals surface area (Å²) >= 11 is 9.43. The van der Waals surface area contributed by atoms with Crippen LogP contribution in [0.15, 0.2) is 30.3 Å². The first-order valence-corrected chi connectivity index (χ1v) is 12.5. The molecule has 12 heteroatoms. The SMILES string of the molecule is CSCCC(NC(=O)C(Cc1ccccc1)NC(=O)C(N)CS)C(=O)NC(CS)C(=O)O. The van der Waals surface area contributed by atoms with Gasteiger partial charge in [-0.05, 0) is 24.0 Å². The van der Waals surface area contributed by atoms with E-state index in [1.807, 2.05) is 36.6 Å². The number of benzene rings is 1. The van der Waals surface area contributed by atoms with E-state index in [2.05, 4.69) is 41.2 Å². The van der Waals surface area contributed by atoms with Crippen LogP contribution in [0.5, 0.6) is 0 Å². The highest BCUT2D eigenvalue weighted by molar-refractivity contribution is 7.98. The normalized spacial score (nSPS) is 14.5. The van der Waals surface area contributed by atoms with Gasteiger partial charge in [-0.25, -0.2) is 4.79 Å². The second-order valence-corrected chi connectivity index (χ2v) is 8.68. The maximum absolute atomic E-state index is 13.1. The van der Waals surface area contributed by atoms with E-state index in [1.165, 1.54) is 11.8 Å². The van der Waals surface area contributed by atoms with Crippen molar-refractivity contribution < 1.29 is 24.3 Å². The summed E-state index contributed by atoms with van der Waals surface area (Å²) < 4.78 is 0. The molecule has 4 atom stereocenters. The first-order chi connectivity index (χ1) is 15.2. The number of rotatable bonds is 14. The lowest BCUT2D eigenvalue weighted by Crippen LogP contribution is -2.58. The quantitative estimate of drug-likeness (QED) is 0.173. The van der Waals surface area contributed by atoms with Crippen LogP contribution in [0.3, 0.4) is 0 Å². The van der Waals surface area contributed by atoms with Crippen molar-refractivity contribution in [3.63, 3.8) is 0 Å². The van der Waals surface area contributed by atoms with Crippen molar-refractivity contribution in [2.45, 2.75) is 37.0 Å². The Bertz CT molecular complexity index is 769. The van der Waals surface area contributed by atoms with Crippen LogP contribution >= 0.6 is 37.0 Å². The number of carbonyl (C=O) groups excluding carboxylic acids is 3. The Balaban J connectivity index is 3.02. The number of hydrogen-bond acceptors (Lipinski definition) is 8. The summed E-state index contributed by atoms with van der Waals surface area (Å²) in [4.78, 5) is 49.3. The van der Waals surface area contributed by atoms with Gasteiger partial charge in [0.1, 0.15) is 18.1 Å². The Morgan fingerprint density at radius 2 is 1.50 bits per heavy atom. The Labute approximate surface area is 202 Å². The summed E-state index contributed by atoms with van der Waals surface area (Å²) in [5, 5.41) is 16.8. The molecule has 178 valence electrons. The van der Waals surface area contributed by atoms with Crippen molar-refractivity contribution in [2.75, 3.05) is 23.5 Å². The fourth-order valence-corrected chi connectivity index (χ4v) is 3.54. The molecule has 0 radical (unpaired) electrons. The van der Waals surface area contributed by atoms with Crippen LogP contribution < -0.4 is 21.7 Å². The fourth-order valence-electron chi connectivity index (χ4n) is 2.66. The van der Waals surface area contributed by atoms with Gasteiger partial charge in [0.15, 0.2) is 0 Å². The van der Waals surface area contributed by atoms with Gasteiger partial charge in [-0.1, -0.05) is 30.3 Å². The predicted octanol–water partition coefficient (Wildman–Crippen LogP) is -0.292. The number of carboxylic acid groups (broad SMARTS) is 1. The summed E-state index contributed by atoms with van der Waals surface area (Å²) in [6, 6.07) is 5.02. The molecule has 0 aliphatic rings. The molecule has 6 N–H and O–H groups in total. The van der Waals surface area contributed by atoms with Crippen LogP contribution in [0, 0.1) is 0 Å².